The number of carbonyl (C=O) groups is 1. The number of hydrogen-bond acceptors (Lipinski definition) is 3. The number of ether oxygens (including phenoxy) is 1. The van der Waals surface area contributed by atoms with Gasteiger partial charge in [0.15, 0.2) is 0 Å². The van der Waals surface area contributed by atoms with Gasteiger partial charge in [0.1, 0.15) is 0 Å². The fourth-order valence-electron chi connectivity index (χ4n) is 4.97. The van der Waals surface area contributed by atoms with Gasteiger partial charge in [0.05, 0.1) is 11.5 Å². The van der Waals surface area contributed by atoms with Crippen LogP contribution < -0.4 is 5.32 Å². The zero-order chi connectivity index (χ0) is 21.0. The van der Waals surface area contributed by atoms with Crippen molar-refractivity contribution < 1.29 is 9.53 Å². The molecule has 2 aromatic rings. The molecule has 30 heavy (non-hydrogen) atoms. The molecular formula is C26H34N2O2. The molecule has 2 heterocycles. The maximum absolute atomic E-state index is 13.7. The van der Waals surface area contributed by atoms with Gasteiger partial charge in [-0.25, -0.2) is 0 Å². The highest BCUT2D eigenvalue weighted by Crippen LogP contribution is 2.36. The van der Waals surface area contributed by atoms with E-state index in [9.17, 15) is 4.79 Å². The molecule has 4 nitrogen and oxygen atoms in total. The van der Waals surface area contributed by atoms with Crippen molar-refractivity contribution in [3.63, 3.8) is 0 Å². The van der Waals surface area contributed by atoms with Crippen molar-refractivity contribution in [1.82, 2.24) is 10.2 Å². The van der Waals surface area contributed by atoms with Gasteiger partial charge in [-0.15, -0.1) is 0 Å². The molecule has 2 fully saturated rings. The summed E-state index contributed by atoms with van der Waals surface area (Å²) in [5.41, 5.74) is 4.38. The number of benzene rings is 2. The third-order valence-electron chi connectivity index (χ3n) is 6.85. The van der Waals surface area contributed by atoms with Gasteiger partial charge >= 0.3 is 0 Å². The number of hydrogen-bond donors (Lipinski definition) is 1. The van der Waals surface area contributed by atoms with Gasteiger partial charge in [-0.1, -0.05) is 59.7 Å². The van der Waals surface area contributed by atoms with Crippen LogP contribution in [0.2, 0.25) is 0 Å². The summed E-state index contributed by atoms with van der Waals surface area (Å²) >= 11 is 0. The molecule has 0 spiro atoms. The summed E-state index contributed by atoms with van der Waals surface area (Å²) in [7, 11) is 0. The summed E-state index contributed by atoms with van der Waals surface area (Å²) in [6.45, 7) is 8.33. The number of carbonyl (C=O) groups excluding carboxylic acids is 1. The van der Waals surface area contributed by atoms with Crippen LogP contribution in [0.4, 0.5) is 0 Å². The van der Waals surface area contributed by atoms with Crippen LogP contribution in [0.1, 0.15) is 54.0 Å². The van der Waals surface area contributed by atoms with E-state index in [1.54, 1.807) is 0 Å². The first-order valence-corrected chi connectivity index (χ1v) is 11.3. The fourth-order valence-corrected chi connectivity index (χ4v) is 4.97. The molecule has 2 saturated heterocycles. The highest BCUT2D eigenvalue weighted by atomic mass is 16.5. The molecule has 0 aromatic heterocycles. The van der Waals surface area contributed by atoms with E-state index in [4.69, 9.17) is 4.74 Å². The number of rotatable bonds is 6. The largest absolute Gasteiger partial charge is 0.381 e. The van der Waals surface area contributed by atoms with Crippen LogP contribution in [0.5, 0.6) is 0 Å². The third kappa shape index (κ3) is 4.45. The Kier molecular flexibility index (Phi) is 6.55. The van der Waals surface area contributed by atoms with Crippen LogP contribution in [0.25, 0.3) is 0 Å². The Morgan fingerprint density at radius 1 is 1.03 bits per heavy atom. The number of likely N-dealkylation sites (tertiary alicyclic amines) is 1. The summed E-state index contributed by atoms with van der Waals surface area (Å²) in [6.07, 6.45) is 3.95. The normalized spacial score (nSPS) is 20.1. The fraction of sp³-hybridized carbons (Fsp3) is 0.500. The second-order valence-corrected chi connectivity index (χ2v) is 8.94. The van der Waals surface area contributed by atoms with Crippen molar-refractivity contribution in [2.75, 3.05) is 32.8 Å². The first-order chi connectivity index (χ1) is 14.6. The predicted molar refractivity (Wildman–Crippen MR) is 121 cm³/mol. The van der Waals surface area contributed by atoms with E-state index in [2.05, 4.69) is 72.6 Å². The molecule has 1 amide bonds. The second kappa shape index (κ2) is 9.32. The molecule has 2 aromatic carbocycles. The summed E-state index contributed by atoms with van der Waals surface area (Å²) < 4.78 is 5.63. The molecule has 0 aliphatic carbocycles. The molecule has 0 bridgehead atoms. The number of nitrogens with one attached hydrogen (secondary N) is 1. The SMILES string of the molecule is Cc1ccc([C@@H](CNC(=O)C2(c3cccc(C)c3)CCOCC2)N2CCCC2)cc1. The number of aryl methyl sites for hydroxylation is 2. The summed E-state index contributed by atoms with van der Waals surface area (Å²) in [5, 5.41) is 3.37. The minimum atomic E-state index is -0.493. The van der Waals surface area contributed by atoms with Gasteiger partial charge in [0, 0.05) is 19.8 Å². The van der Waals surface area contributed by atoms with Gasteiger partial charge < -0.3 is 10.1 Å². The summed E-state index contributed by atoms with van der Waals surface area (Å²) in [6, 6.07) is 17.4. The van der Waals surface area contributed by atoms with Crippen LogP contribution in [-0.2, 0) is 14.9 Å². The van der Waals surface area contributed by atoms with Crippen LogP contribution in [-0.4, -0.2) is 43.7 Å². The van der Waals surface area contributed by atoms with E-state index in [1.165, 1.54) is 29.5 Å². The van der Waals surface area contributed by atoms with Gasteiger partial charge in [-0.3, -0.25) is 9.69 Å². The number of nitrogens with zero attached hydrogens (tertiary/aromatic N) is 1. The van der Waals surface area contributed by atoms with Crippen molar-refractivity contribution >= 4 is 5.91 Å². The van der Waals surface area contributed by atoms with Gasteiger partial charge in [-0.2, -0.15) is 0 Å². The van der Waals surface area contributed by atoms with Crippen LogP contribution in [0.3, 0.4) is 0 Å². The van der Waals surface area contributed by atoms with Crippen molar-refractivity contribution in [2.24, 2.45) is 0 Å². The van der Waals surface area contributed by atoms with Crippen molar-refractivity contribution in [3.8, 4) is 0 Å². The maximum Gasteiger partial charge on any atom is 0.230 e. The van der Waals surface area contributed by atoms with E-state index < -0.39 is 5.41 Å². The first-order valence-electron chi connectivity index (χ1n) is 11.3. The van der Waals surface area contributed by atoms with E-state index in [0.717, 1.165) is 31.5 Å². The third-order valence-corrected chi connectivity index (χ3v) is 6.85. The average molecular weight is 407 g/mol. The topological polar surface area (TPSA) is 41.6 Å². The van der Waals surface area contributed by atoms with Crippen LogP contribution in [0.15, 0.2) is 48.5 Å². The Labute approximate surface area is 180 Å². The zero-order valence-electron chi connectivity index (χ0n) is 18.3. The molecule has 1 N–H and O–H groups in total. The van der Waals surface area contributed by atoms with E-state index in [0.29, 0.717) is 19.8 Å². The Morgan fingerprint density at radius 3 is 2.40 bits per heavy atom. The van der Waals surface area contributed by atoms with Crippen molar-refractivity contribution in [1.29, 1.82) is 0 Å². The molecular weight excluding hydrogens is 372 g/mol. The quantitative estimate of drug-likeness (QED) is 0.777. The highest BCUT2D eigenvalue weighted by Gasteiger charge is 2.42. The van der Waals surface area contributed by atoms with Crippen LogP contribution in [0, 0.1) is 13.8 Å². The Bertz CT molecular complexity index is 850. The van der Waals surface area contributed by atoms with E-state index >= 15 is 0 Å². The molecule has 0 saturated carbocycles. The average Bonchev–Trinajstić information content (AvgIpc) is 3.30. The lowest BCUT2D eigenvalue weighted by atomic mass is 9.73. The van der Waals surface area contributed by atoms with Gasteiger partial charge in [0.25, 0.3) is 0 Å². The van der Waals surface area contributed by atoms with Crippen molar-refractivity contribution in [3.05, 3.63) is 70.8 Å². The molecule has 2 aliphatic rings. The molecule has 160 valence electrons. The van der Waals surface area contributed by atoms with Gasteiger partial charge in [0.2, 0.25) is 5.91 Å². The van der Waals surface area contributed by atoms with Gasteiger partial charge in [-0.05, 0) is 63.7 Å². The molecule has 0 radical (unpaired) electrons. The Hall–Kier alpha value is -2.17. The van der Waals surface area contributed by atoms with Crippen LogP contribution >= 0.6 is 0 Å². The molecule has 4 rings (SSSR count). The van der Waals surface area contributed by atoms with Crippen molar-refractivity contribution in [2.45, 2.75) is 51.0 Å². The first kappa shape index (κ1) is 21.1. The summed E-state index contributed by atoms with van der Waals surface area (Å²) in [4.78, 5) is 16.2. The maximum atomic E-state index is 13.7. The lowest BCUT2D eigenvalue weighted by Gasteiger charge is -2.37. The minimum absolute atomic E-state index is 0.146. The summed E-state index contributed by atoms with van der Waals surface area (Å²) in [5.74, 6) is 0.146. The molecule has 2 aliphatic heterocycles. The molecule has 0 unspecified atom stereocenters. The molecule has 1 atom stereocenters. The number of amides is 1. The van der Waals surface area contributed by atoms with E-state index in [1.807, 2.05) is 0 Å². The van der Waals surface area contributed by atoms with E-state index in [-0.39, 0.29) is 11.9 Å². The smallest absolute Gasteiger partial charge is 0.230 e. The Morgan fingerprint density at radius 2 is 1.73 bits per heavy atom. The minimum Gasteiger partial charge on any atom is -0.381 e. The zero-order valence-corrected chi connectivity index (χ0v) is 18.3. The lowest BCUT2D eigenvalue weighted by Crippen LogP contribution is -2.50. The standard InChI is InChI=1S/C26H34N2O2/c1-20-8-10-22(11-9-20)24(28-14-3-4-15-28)19-27-25(29)26(12-16-30-17-13-26)23-7-5-6-21(2)18-23/h5-11,18,24H,3-4,12-17,19H2,1-2H3,(H,27,29)/t24-/m1/s1. The Balaban J connectivity index is 1.55. The monoisotopic (exact) mass is 406 g/mol. The lowest BCUT2D eigenvalue weighted by molar-refractivity contribution is -0.130. The molecule has 4 heteroatoms. The highest BCUT2D eigenvalue weighted by molar-refractivity contribution is 5.88. The predicted octanol–water partition coefficient (Wildman–Crippen LogP) is 4.30. The second-order valence-electron chi connectivity index (χ2n) is 8.94.